The van der Waals surface area contributed by atoms with Crippen molar-refractivity contribution in [2.24, 2.45) is 0 Å². The van der Waals surface area contributed by atoms with Crippen molar-refractivity contribution in [3.05, 3.63) is 271 Å². The molecule has 0 N–H and O–H groups in total. The molecule has 0 aliphatic heterocycles. The Kier molecular flexibility index (Phi) is 7.99. The lowest BCUT2D eigenvalue weighted by molar-refractivity contribution is 0.789. The third kappa shape index (κ3) is 4.82. The van der Waals surface area contributed by atoms with Crippen molar-refractivity contribution < 1.29 is 0 Å². The summed E-state index contributed by atoms with van der Waals surface area (Å²) in [6, 6.07) is 78.9. The highest BCUT2D eigenvalue weighted by Gasteiger charge is 2.54. The molecule has 4 aliphatic rings. The van der Waals surface area contributed by atoms with Gasteiger partial charge in [0.1, 0.15) is 0 Å². The molecule has 0 nitrogen and oxygen atoms in total. The Labute approximate surface area is 400 Å². The Bertz CT molecular complexity index is 3700. The summed E-state index contributed by atoms with van der Waals surface area (Å²) in [7, 11) is 0. The van der Waals surface area contributed by atoms with Gasteiger partial charge in [0.05, 0.1) is 10.8 Å². The minimum absolute atomic E-state index is 0.497. The first-order chi connectivity index (χ1) is 32.0. The average molecular weight is 975 g/mol. The van der Waals surface area contributed by atoms with Crippen LogP contribution in [0.4, 0.5) is 0 Å². The van der Waals surface area contributed by atoms with E-state index in [0.717, 1.165) is 14.0 Å². The molecule has 2 spiro atoms. The minimum atomic E-state index is -0.497. The van der Waals surface area contributed by atoms with Crippen LogP contribution in [0.25, 0.3) is 77.9 Å². The van der Waals surface area contributed by atoms with Gasteiger partial charge in [-0.05, 0) is 147 Å². The van der Waals surface area contributed by atoms with Gasteiger partial charge < -0.3 is 0 Å². The zero-order chi connectivity index (χ0) is 43.2. The van der Waals surface area contributed by atoms with E-state index in [-0.39, 0.29) is 0 Å². The van der Waals surface area contributed by atoms with Gasteiger partial charge in [0.15, 0.2) is 0 Å². The first-order valence-electron chi connectivity index (χ1n) is 22.2. The molecular weight excluding hydrogens is 940 g/mol. The number of hydrogen-bond acceptors (Lipinski definition) is 0. The van der Waals surface area contributed by atoms with Crippen LogP contribution < -0.4 is 0 Å². The summed E-state index contributed by atoms with van der Waals surface area (Å²) in [6.07, 6.45) is 0. The standard InChI is InChI=1S/C62H35Br2Cl/c63-55-24-11-23-52-59(55)46-33-31-40(65)35-54(46)61(52)49-20-7-5-15-45(49)57-41(16-8-21-50(57)61)37-26-28-38(29-27-37)42-17-9-22-51-58(42)47-18-10-25-56(64)60(47)62(51)48-19-6-4-14-43(48)44-32-30-39(34-53(44)62)36-12-2-1-3-13-36/h1-35H. The van der Waals surface area contributed by atoms with Gasteiger partial charge in [-0.15, -0.1) is 0 Å². The lowest BCUT2D eigenvalue weighted by atomic mass is 9.70. The molecule has 65 heavy (non-hydrogen) atoms. The molecule has 2 unspecified atom stereocenters. The summed E-state index contributed by atoms with van der Waals surface area (Å²) < 4.78 is 2.22. The Morgan fingerprint density at radius 2 is 0.738 bits per heavy atom. The van der Waals surface area contributed by atoms with Crippen LogP contribution in [0.2, 0.25) is 5.02 Å². The quantitative estimate of drug-likeness (QED) is 0.165. The minimum Gasteiger partial charge on any atom is -0.0843 e. The zero-order valence-corrected chi connectivity index (χ0v) is 38.8. The molecule has 0 aromatic heterocycles. The van der Waals surface area contributed by atoms with E-state index >= 15 is 0 Å². The highest BCUT2D eigenvalue weighted by Crippen LogP contribution is 2.67. The van der Waals surface area contributed by atoms with E-state index in [0.29, 0.717) is 0 Å². The van der Waals surface area contributed by atoms with Gasteiger partial charge in [-0.2, -0.15) is 0 Å². The Morgan fingerprint density at radius 1 is 0.277 bits per heavy atom. The van der Waals surface area contributed by atoms with Gasteiger partial charge in [-0.3, -0.25) is 0 Å². The van der Waals surface area contributed by atoms with Crippen molar-refractivity contribution >= 4 is 43.5 Å². The monoisotopic (exact) mass is 972 g/mol. The highest BCUT2D eigenvalue weighted by molar-refractivity contribution is 9.10. The fourth-order valence-electron chi connectivity index (χ4n) is 12.6. The molecule has 3 heteroatoms. The summed E-state index contributed by atoms with van der Waals surface area (Å²) in [4.78, 5) is 0. The van der Waals surface area contributed by atoms with Crippen LogP contribution >= 0.6 is 43.5 Å². The van der Waals surface area contributed by atoms with Crippen LogP contribution in [0.5, 0.6) is 0 Å². The van der Waals surface area contributed by atoms with E-state index in [1.165, 1.54) is 122 Å². The van der Waals surface area contributed by atoms with Gasteiger partial charge in [0, 0.05) is 19.5 Å². The van der Waals surface area contributed by atoms with E-state index in [9.17, 15) is 0 Å². The summed E-state index contributed by atoms with van der Waals surface area (Å²) in [5.41, 5.74) is 26.9. The van der Waals surface area contributed by atoms with Crippen LogP contribution in [-0.4, -0.2) is 0 Å². The number of fused-ring (bicyclic) bond motifs is 20. The second kappa shape index (κ2) is 13.7. The highest BCUT2D eigenvalue weighted by atomic mass is 79.9. The molecular formula is C62H35Br2Cl. The molecule has 10 aromatic rings. The van der Waals surface area contributed by atoms with Crippen LogP contribution in [0.3, 0.4) is 0 Å². The second-order valence-electron chi connectivity index (χ2n) is 17.8. The van der Waals surface area contributed by atoms with Gasteiger partial charge in [0.25, 0.3) is 0 Å². The Balaban J connectivity index is 0.957. The lowest BCUT2D eigenvalue weighted by Gasteiger charge is -2.31. The van der Waals surface area contributed by atoms with Crippen molar-refractivity contribution in [1.29, 1.82) is 0 Å². The molecule has 14 rings (SSSR count). The van der Waals surface area contributed by atoms with Crippen molar-refractivity contribution in [3.63, 3.8) is 0 Å². The first kappa shape index (κ1) is 37.8. The Morgan fingerprint density at radius 3 is 1.48 bits per heavy atom. The van der Waals surface area contributed by atoms with Gasteiger partial charge in [0.2, 0.25) is 0 Å². The summed E-state index contributed by atoms with van der Waals surface area (Å²) in [5, 5.41) is 0.747. The molecule has 0 heterocycles. The van der Waals surface area contributed by atoms with E-state index in [1.54, 1.807) is 0 Å². The molecule has 4 aliphatic carbocycles. The third-order valence-electron chi connectivity index (χ3n) is 14.9. The maximum absolute atomic E-state index is 6.88. The molecule has 0 bridgehead atoms. The SMILES string of the molecule is Clc1ccc2c(c1)C1(c3ccccc3-c3c(-c4ccc(-c5cccc6c5-c5cccc(Br)c5C65c6ccccc6-c6ccc(-c7ccccc7)cc65)cc4)cccc31)c1cccc(Br)c1-2. The average Bonchev–Trinajstić information content (AvgIpc) is 4.04. The van der Waals surface area contributed by atoms with Crippen molar-refractivity contribution in [3.8, 4) is 77.9 Å². The number of halogens is 3. The largest absolute Gasteiger partial charge is 0.0843 e. The summed E-state index contributed by atoms with van der Waals surface area (Å²) in [5.74, 6) is 0. The molecule has 0 saturated heterocycles. The molecule has 0 amide bonds. The number of rotatable bonds is 3. The number of hydrogen-bond donors (Lipinski definition) is 0. The fraction of sp³-hybridized carbons (Fsp3) is 0.0323. The van der Waals surface area contributed by atoms with Crippen LogP contribution in [0, 0.1) is 0 Å². The van der Waals surface area contributed by atoms with E-state index < -0.39 is 10.8 Å². The molecule has 0 fully saturated rings. The summed E-state index contributed by atoms with van der Waals surface area (Å²) >= 11 is 15.0. The van der Waals surface area contributed by atoms with E-state index in [1.807, 2.05) is 6.07 Å². The molecule has 10 aromatic carbocycles. The van der Waals surface area contributed by atoms with Gasteiger partial charge in [-0.1, -0.05) is 225 Å². The first-order valence-corrected chi connectivity index (χ1v) is 24.1. The van der Waals surface area contributed by atoms with Gasteiger partial charge in [-0.25, -0.2) is 0 Å². The smallest absolute Gasteiger partial charge is 0.0736 e. The second-order valence-corrected chi connectivity index (χ2v) is 19.9. The van der Waals surface area contributed by atoms with Crippen molar-refractivity contribution in [1.82, 2.24) is 0 Å². The van der Waals surface area contributed by atoms with Crippen LogP contribution in [-0.2, 0) is 10.8 Å². The van der Waals surface area contributed by atoms with Crippen molar-refractivity contribution in [2.45, 2.75) is 10.8 Å². The zero-order valence-electron chi connectivity index (χ0n) is 34.8. The molecule has 0 saturated carbocycles. The molecule has 304 valence electrons. The van der Waals surface area contributed by atoms with E-state index in [4.69, 9.17) is 11.6 Å². The molecule has 0 radical (unpaired) electrons. The molecule has 2 atom stereocenters. The maximum atomic E-state index is 6.88. The van der Waals surface area contributed by atoms with Crippen LogP contribution in [0.1, 0.15) is 44.5 Å². The summed E-state index contributed by atoms with van der Waals surface area (Å²) in [6.45, 7) is 0. The van der Waals surface area contributed by atoms with Crippen molar-refractivity contribution in [2.75, 3.05) is 0 Å². The Hall–Kier alpha value is -6.55. The number of benzene rings is 10. The van der Waals surface area contributed by atoms with Gasteiger partial charge >= 0.3 is 0 Å². The normalized spacial score (nSPS) is 17.3. The van der Waals surface area contributed by atoms with Crippen LogP contribution in [0.15, 0.2) is 221 Å². The predicted molar refractivity (Wildman–Crippen MR) is 276 cm³/mol. The topological polar surface area (TPSA) is 0 Å². The predicted octanol–water partition coefficient (Wildman–Crippen LogP) is 17.6. The fourth-order valence-corrected chi connectivity index (χ4v) is 14.0. The third-order valence-corrected chi connectivity index (χ3v) is 16.5. The van der Waals surface area contributed by atoms with E-state index in [2.05, 4.69) is 238 Å². The maximum Gasteiger partial charge on any atom is 0.0736 e. The lowest BCUT2D eigenvalue weighted by Crippen LogP contribution is -2.26.